The molecule has 4 aromatic carbocycles. The Hall–Kier alpha value is -5.90. The van der Waals surface area contributed by atoms with Crippen LogP contribution in [0.1, 0.15) is 43.4 Å². The molecule has 7 rings (SSSR count). The van der Waals surface area contributed by atoms with E-state index in [1.807, 2.05) is 61.5 Å². The highest BCUT2D eigenvalue weighted by molar-refractivity contribution is 6.91. The second kappa shape index (κ2) is 16.4. The van der Waals surface area contributed by atoms with E-state index in [0.717, 1.165) is 10.8 Å². The smallest absolute Gasteiger partial charge is 0.304 e. The van der Waals surface area contributed by atoms with E-state index in [0.29, 0.717) is 28.3 Å². The fourth-order valence-electron chi connectivity index (χ4n) is 9.22. The molecule has 14 nitrogen and oxygen atoms in total. The van der Waals surface area contributed by atoms with Crippen LogP contribution in [0.15, 0.2) is 97.1 Å². The van der Waals surface area contributed by atoms with Crippen molar-refractivity contribution in [3.05, 3.63) is 124 Å². The van der Waals surface area contributed by atoms with Crippen LogP contribution < -0.4 is 19.7 Å². The summed E-state index contributed by atoms with van der Waals surface area (Å²) in [5.74, 6) is -1.18. The van der Waals surface area contributed by atoms with Crippen molar-refractivity contribution in [2.45, 2.75) is 76.3 Å². The average molecular weight is 821 g/mol. The van der Waals surface area contributed by atoms with Crippen molar-refractivity contribution in [2.75, 3.05) is 30.1 Å². The van der Waals surface area contributed by atoms with Crippen LogP contribution in [0.3, 0.4) is 0 Å². The minimum absolute atomic E-state index is 0.0813. The summed E-state index contributed by atoms with van der Waals surface area (Å²) in [5, 5.41) is 23.3. The van der Waals surface area contributed by atoms with Gasteiger partial charge in [0.1, 0.15) is 5.75 Å². The molecular weight excluding hydrogens is 773 g/mol. The summed E-state index contributed by atoms with van der Waals surface area (Å²) in [4.78, 5) is 70.1. The van der Waals surface area contributed by atoms with Crippen LogP contribution in [-0.4, -0.2) is 79.3 Å². The van der Waals surface area contributed by atoms with Gasteiger partial charge in [0.15, 0.2) is 11.8 Å². The molecule has 2 saturated heterocycles. The third kappa shape index (κ3) is 7.61. The number of hydrogen-bond donors (Lipinski definition) is 1. The van der Waals surface area contributed by atoms with Gasteiger partial charge in [-0.15, -0.1) is 0 Å². The molecule has 3 aliphatic rings. The lowest BCUT2D eigenvalue weighted by Gasteiger charge is -2.39. The first-order valence-corrected chi connectivity index (χ1v) is 22.7. The van der Waals surface area contributed by atoms with Crippen LogP contribution in [-0.2, 0) is 47.3 Å². The molecule has 0 saturated carbocycles. The van der Waals surface area contributed by atoms with Crippen molar-refractivity contribution in [1.29, 1.82) is 0 Å². The third-order valence-corrected chi connectivity index (χ3v) is 16.5. The van der Waals surface area contributed by atoms with Gasteiger partial charge in [-0.1, -0.05) is 79.8 Å². The molecule has 0 bridgehead atoms. The normalized spacial score (nSPS) is 22.3. The Kier molecular flexibility index (Phi) is 11.5. The van der Waals surface area contributed by atoms with Crippen LogP contribution in [0, 0.1) is 16.0 Å². The number of methoxy groups -OCH3 is 1. The number of carbonyl (C=O) groups excluding carboxylic acids is 4. The van der Waals surface area contributed by atoms with E-state index >= 15 is 4.79 Å². The van der Waals surface area contributed by atoms with Crippen molar-refractivity contribution < 1.29 is 43.4 Å². The quantitative estimate of drug-likeness (QED) is 0.0572. The highest BCUT2D eigenvalue weighted by atomic mass is 28.3. The third-order valence-electron chi connectivity index (χ3n) is 12.1. The monoisotopic (exact) mass is 820 g/mol. The Morgan fingerprint density at radius 3 is 2.31 bits per heavy atom. The number of nitro benzene ring substituents is 1. The second-order valence-corrected chi connectivity index (χ2v) is 20.6. The van der Waals surface area contributed by atoms with Crippen LogP contribution in [0.4, 0.5) is 17.1 Å². The molecule has 0 aromatic heterocycles. The number of aliphatic hydroxyl groups is 1. The van der Waals surface area contributed by atoms with Gasteiger partial charge in [0.25, 0.3) is 11.6 Å². The molecule has 0 aliphatic carbocycles. The van der Waals surface area contributed by atoms with Gasteiger partial charge in [0.05, 0.1) is 57.9 Å². The van der Waals surface area contributed by atoms with Crippen LogP contribution in [0.5, 0.6) is 5.75 Å². The maximum atomic E-state index is 15.3. The topological polar surface area (TPSA) is 169 Å². The molecule has 1 unspecified atom stereocenters. The average Bonchev–Trinajstić information content (AvgIpc) is 3.63. The van der Waals surface area contributed by atoms with E-state index in [1.165, 1.54) is 24.0 Å². The molecule has 1 spiro atoms. The maximum absolute atomic E-state index is 15.3. The standard InChI is InChI=1S/C44H48N4O10Si/c1-28-42(59(4,5)35-18-16-34(56-3)17-19-35)38(24-39(51)45(21-22-49)26-30-9-7-6-8-10-30)58-44(28)36-23-33(48(54)55)15-20-37(36)46(43(44)53)27-31-11-13-32(14-12-31)47-40(52)25-41(47)57-29(2)50/h6-20,23,28,38,41-42,49H,21-22,24-27H2,1-5H3/t28-,38+,41?,42-,44+/m0/s1. The van der Waals surface area contributed by atoms with Crippen molar-refractivity contribution in [3.63, 3.8) is 0 Å². The van der Waals surface area contributed by atoms with E-state index < -0.39 is 48.7 Å². The fraction of sp³-hybridized carbons (Fsp3) is 0.364. The van der Waals surface area contributed by atoms with Crippen molar-refractivity contribution >= 4 is 54.0 Å². The number of aliphatic hydroxyl groups excluding tert-OH is 1. The van der Waals surface area contributed by atoms with Gasteiger partial charge in [0.2, 0.25) is 11.8 Å². The molecule has 59 heavy (non-hydrogen) atoms. The molecule has 2 fully saturated rings. The number of anilines is 2. The molecule has 4 aromatic rings. The number of amides is 3. The molecule has 5 atom stereocenters. The highest BCUT2D eigenvalue weighted by Gasteiger charge is 2.67. The van der Waals surface area contributed by atoms with Gasteiger partial charge in [0, 0.05) is 49.3 Å². The number of non-ortho nitro benzene ring substituents is 1. The zero-order valence-electron chi connectivity index (χ0n) is 33.7. The first kappa shape index (κ1) is 41.3. The summed E-state index contributed by atoms with van der Waals surface area (Å²) in [6, 6.07) is 28.7. The number of hydrogen-bond acceptors (Lipinski definition) is 10. The SMILES string of the molecule is COc1ccc([Si](C)(C)[C@@H]2[C@@H](CC(=O)N(CCO)Cc3ccccc3)O[C@]3(C(=O)N(Cc4ccc(N5C(=O)CC5OC(C)=O)cc4)c4ccc([N+](=O)[O-])cc43)[C@H]2C)cc1. The number of ether oxygens (including phenoxy) is 3. The lowest BCUT2D eigenvalue weighted by Crippen LogP contribution is -2.54. The molecule has 0 radical (unpaired) electrons. The first-order valence-electron chi connectivity index (χ1n) is 19.6. The predicted molar refractivity (Wildman–Crippen MR) is 222 cm³/mol. The lowest BCUT2D eigenvalue weighted by molar-refractivity contribution is -0.385. The number of carbonyl (C=O) groups is 4. The molecule has 1 N–H and O–H groups in total. The van der Waals surface area contributed by atoms with E-state index in [4.69, 9.17) is 14.2 Å². The minimum Gasteiger partial charge on any atom is -0.497 e. The minimum atomic E-state index is -2.68. The fourth-order valence-corrected chi connectivity index (χ4v) is 13.2. The summed E-state index contributed by atoms with van der Waals surface area (Å²) < 4.78 is 17.8. The van der Waals surface area contributed by atoms with Crippen molar-refractivity contribution in [3.8, 4) is 5.75 Å². The Morgan fingerprint density at radius 1 is 1.00 bits per heavy atom. The molecular formula is C44H48N4O10Si. The van der Waals surface area contributed by atoms with Gasteiger partial charge in [-0.3, -0.25) is 34.2 Å². The molecule has 308 valence electrons. The van der Waals surface area contributed by atoms with E-state index in [1.54, 1.807) is 47.2 Å². The number of nitrogens with zero attached hydrogens (tertiary/aromatic N) is 4. The molecule has 15 heteroatoms. The Balaban J connectivity index is 1.27. The maximum Gasteiger partial charge on any atom is 0.304 e. The van der Waals surface area contributed by atoms with Crippen LogP contribution in [0.25, 0.3) is 0 Å². The van der Waals surface area contributed by atoms with Gasteiger partial charge in [-0.2, -0.15) is 0 Å². The summed E-state index contributed by atoms with van der Waals surface area (Å²) in [6.45, 7) is 7.82. The summed E-state index contributed by atoms with van der Waals surface area (Å²) >= 11 is 0. The Bertz CT molecular complexity index is 2250. The predicted octanol–water partition coefficient (Wildman–Crippen LogP) is 5.40. The molecule has 3 aliphatic heterocycles. The van der Waals surface area contributed by atoms with Crippen LogP contribution >= 0.6 is 0 Å². The van der Waals surface area contributed by atoms with E-state index in [-0.39, 0.29) is 62.1 Å². The van der Waals surface area contributed by atoms with E-state index in [9.17, 15) is 29.6 Å². The largest absolute Gasteiger partial charge is 0.497 e. The van der Waals surface area contributed by atoms with Crippen molar-refractivity contribution in [1.82, 2.24) is 4.90 Å². The number of nitro groups is 1. The summed E-state index contributed by atoms with van der Waals surface area (Å²) in [7, 11) is -1.09. The number of fused-ring (bicyclic) bond motifs is 2. The Morgan fingerprint density at radius 2 is 1.69 bits per heavy atom. The Labute approximate surface area is 343 Å². The van der Waals surface area contributed by atoms with Crippen LogP contribution in [0.2, 0.25) is 18.6 Å². The summed E-state index contributed by atoms with van der Waals surface area (Å²) in [5.41, 5.74) is 0.776. The number of rotatable bonds is 14. The zero-order valence-corrected chi connectivity index (χ0v) is 34.7. The number of benzene rings is 4. The molecule has 3 amide bonds. The number of esters is 1. The van der Waals surface area contributed by atoms with Gasteiger partial charge < -0.3 is 29.1 Å². The second-order valence-electron chi connectivity index (χ2n) is 15.9. The lowest BCUT2D eigenvalue weighted by atomic mass is 9.82. The van der Waals surface area contributed by atoms with Crippen molar-refractivity contribution in [2.24, 2.45) is 5.92 Å². The van der Waals surface area contributed by atoms with Gasteiger partial charge >= 0.3 is 5.97 Å². The van der Waals surface area contributed by atoms with Gasteiger partial charge in [-0.05, 0) is 47.0 Å². The summed E-state index contributed by atoms with van der Waals surface area (Å²) in [6.07, 6.45) is -1.46. The molecule has 3 heterocycles. The first-order chi connectivity index (χ1) is 28.2. The highest BCUT2D eigenvalue weighted by Crippen LogP contribution is 2.60. The zero-order chi connectivity index (χ0) is 42.2. The number of β-lactam (4-membered cyclic amide) rings is 1. The van der Waals surface area contributed by atoms with E-state index in [2.05, 4.69) is 13.1 Å². The van der Waals surface area contributed by atoms with Gasteiger partial charge in [-0.25, -0.2) is 0 Å².